The molecule has 3 heteroatoms. The zero-order valence-corrected chi connectivity index (χ0v) is 28.5. The van der Waals surface area contributed by atoms with Crippen LogP contribution in [0.1, 0.15) is 108 Å². The molecule has 1 saturated heterocycles. The van der Waals surface area contributed by atoms with Crippen LogP contribution < -0.4 is 0 Å². The van der Waals surface area contributed by atoms with Gasteiger partial charge in [0.2, 0.25) is 0 Å². The minimum absolute atomic E-state index is 0.00990. The largest absolute Gasteiger partial charge is 0.393 e. The quantitative estimate of drug-likeness (QED) is 0.161. The normalized spacial score (nSPS) is 31.5. The van der Waals surface area contributed by atoms with Crippen molar-refractivity contribution >= 4 is 0 Å². The third-order valence-corrected chi connectivity index (χ3v) is 9.60. The minimum atomic E-state index is -0.261. The summed E-state index contributed by atoms with van der Waals surface area (Å²) >= 11 is 0. The van der Waals surface area contributed by atoms with Crippen molar-refractivity contribution < 1.29 is 14.9 Å². The number of ether oxygens (including phenoxy) is 1. The zero-order valence-electron chi connectivity index (χ0n) is 28.5. The van der Waals surface area contributed by atoms with Crippen molar-refractivity contribution in [2.45, 2.75) is 131 Å². The van der Waals surface area contributed by atoms with Crippen LogP contribution in [0.2, 0.25) is 0 Å². The van der Waals surface area contributed by atoms with Gasteiger partial charge in [0.1, 0.15) is 5.60 Å². The fourth-order valence-corrected chi connectivity index (χ4v) is 7.31. The lowest BCUT2D eigenvalue weighted by atomic mass is 9.61. The van der Waals surface area contributed by atoms with Crippen LogP contribution in [-0.2, 0) is 4.74 Å². The third kappa shape index (κ3) is 8.95. The van der Waals surface area contributed by atoms with Crippen LogP contribution in [0.4, 0.5) is 0 Å². The lowest BCUT2D eigenvalue weighted by Gasteiger charge is -2.40. The molecule has 1 saturated carbocycles. The van der Waals surface area contributed by atoms with E-state index < -0.39 is 0 Å². The minimum Gasteiger partial charge on any atom is -0.393 e. The van der Waals surface area contributed by atoms with E-state index >= 15 is 0 Å². The molecule has 0 radical (unpaired) electrons. The molecule has 3 aliphatic rings. The summed E-state index contributed by atoms with van der Waals surface area (Å²) in [6, 6.07) is 0. The van der Waals surface area contributed by atoms with Crippen molar-refractivity contribution in [1.82, 2.24) is 0 Å². The van der Waals surface area contributed by atoms with Gasteiger partial charge in [-0.3, -0.25) is 0 Å². The summed E-state index contributed by atoms with van der Waals surface area (Å²) in [5, 5.41) is 20.4. The number of allylic oxidation sites excluding steroid dienone is 15. The number of rotatable bonds is 9. The first-order chi connectivity index (χ1) is 20.0. The van der Waals surface area contributed by atoms with Gasteiger partial charge in [-0.1, -0.05) is 123 Å². The fraction of sp³-hybridized carbons (Fsp3) is 0.550. The van der Waals surface area contributed by atoms with E-state index in [2.05, 4.69) is 129 Å². The number of hydrogen-bond acceptors (Lipinski definition) is 3. The molecular formula is C40H56O3. The van der Waals surface area contributed by atoms with E-state index in [-0.39, 0.29) is 34.2 Å². The van der Waals surface area contributed by atoms with Crippen molar-refractivity contribution in [3.05, 3.63) is 94.2 Å². The van der Waals surface area contributed by atoms with Gasteiger partial charge in [-0.2, -0.15) is 0 Å². The van der Waals surface area contributed by atoms with Gasteiger partial charge in [0.05, 0.1) is 17.8 Å². The molecule has 0 bridgehead atoms. The standard InChI is InChI=1S/C40H56O3/c1-29(17-13-19-31(3)21-22-36-33(5)25-34(41)26-37(36,6)7)15-11-12-16-30(2)18-14-20-32(4)23-24-40-38(8,9)27-35(42)28-39(40,10)43-40/h11-20,34-35,41-42H,23-28H2,1-10H3/b12-11+,17-13+,18-14+,29-15+,30-16+,31-19+,32-20+/t34-,35+,39-,40+/m1/s1. The monoisotopic (exact) mass is 584 g/mol. The van der Waals surface area contributed by atoms with Gasteiger partial charge >= 0.3 is 0 Å². The van der Waals surface area contributed by atoms with Gasteiger partial charge < -0.3 is 14.9 Å². The van der Waals surface area contributed by atoms with Crippen molar-refractivity contribution in [3.8, 4) is 11.8 Å². The fourth-order valence-electron chi connectivity index (χ4n) is 7.31. The van der Waals surface area contributed by atoms with Gasteiger partial charge in [-0.05, 0) is 84.6 Å². The van der Waals surface area contributed by atoms with Crippen LogP contribution in [0.3, 0.4) is 0 Å². The van der Waals surface area contributed by atoms with Crippen LogP contribution in [0, 0.1) is 22.7 Å². The Labute approximate surface area is 262 Å². The van der Waals surface area contributed by atoms with Gasteiger partial charge in [0.15, 0.2) is 0 Å². The predicted molar refractivity (Wildman–Crippen MR) is 182 cm³/mol. The summed E-state index contributed by atoms with van der Waals surface area (Å²) in [5.74, 6) is 6.69. The first-order valence-electron chi connectivity index (χ1n) is 16.0. The highest BCUT2D eigenvalue weighted by atomic mass is 16.6. The van der Waals surface area contributed by atoms with Gasteiger partial charge in [-0.15, -0.1) is 0 Å². The van der Waals surface area contributed by atoms with E-state index in [4.69, 9.17) is 4.74 Å². The molecule has 4 atom stereocenters. The van der Waals surface area contributed by atoms with Crippen molar-refractivity contribution in [3.63, 3.8) is 0 Å². The maximum atomic E-state index is 10.3. The highest BCUT2D eigenvalue weighted by Gasteiger charge is 2.75. The molecule has 0 aromatic rings. The Morgan fingerprint density at radius 2 is 1.42 bits per heavy atom. The Balaban J connectivity index is 1.47. The molecule has 3 rings (SSSR count). The Morgan fingerprint density at radius 1 is 0.814 bits per heavy atom. The summed E-state index contributed by atoms with van der Waals surface area (Å²) < 4.78 is 6.33. The summed E-state index contributed by atoms with van der Waals surface area (Å²) in [6.45, 7) is 21.5. The third-order valence-electron chi connectivity index (χ3n) is 9.60. The molecule has 0 unspecified atom stereocenters. The SMILES string of the molecule is CC1=C(C#C/C(C)=C/C=C/C(C)=C/C=C/C=C(C)/C=C/C=C(\C)CC[C@@]23O[C@]2(C)C[C@@H](O)CC3(C)C)C(C)(C)C[C@H](O)C1. The molecule has 2 aliphatic carbocycles. The second kappa shape index (κ2) is 14.0. The van der Waals surface area contributed by atoms with E-state index in [9.17, 15) is 10.2 Å². The number of aliphatic hydroxyl groups is 2. The molecule has 0 amide bonds. The molecule has 0 spiro atoms. The van der Waals surface area contributed by atoms with Gasteiger partial charge in [-0.25, -0.2) is 0 Å². The van der Waals surface area contributed by atoms with E-state index in [0.717, 1.165) is 44.1 Å². The van der Waals surface area contributed by atoms with Crippen molar-refractivity contribution in [1.29, 1.82) is 0 Å². The second-order valence-electron chi connectivity index (χ2n) is 14.7. The van der Waals surface area contributed by atoms with Crippen LogP contribution >= 0.6 is 0 Å². The van der Waals surface area contributed by atoms with Gasteiger partial charge in [0, 0.05) is 17.4 Å². The molecule has 2 fully saturated rings. The average Bonchev–Trinajstić information content (AvgIpc) is 3.49. The summed E-state index contributed by atoms with van der Waals surface area (Å²) in [6.07, 6.45) is 25.6. The lowest BCUT2D eigenvalue weighted by molar-refractivity contribution is 0.0318. The van der Waals surface area contributed by atoms with E-state index in [1.54, 1.807) is 0 Å². The lowest BCUT2D eigenvalue weighted by Crippen LogP contribution is -2.47. The van der Waals surface area contributed by atoms with Crippen LogP contribution in [0.5, 0.6) is 0 Å². The smallest absolute Gasteiger partial charge is 0.103 e. The van der Waals surface area contributed by atoms with E-state index in [0.29, 0.717) is 0 Å². The Hall–Kier alpha value is -2.64. The average molecular weight is 585 g/mol. The topological polar surface area (TPSA) is 53.0 Å². The van der Waals surface area contributed by atoms with E-state index in [1.807, 2.05) is 13.0 Å². The van der Waals surface area contributed by atoms with E-state index in [1.165, 1.54) is 27.9 Å². The molecule has 0 aromatic carbocycles. The molecule has 1 heterocycles. The highest BCUT2D eigenvalue weighted by Crippen LogP contribution is 2.67. The molecule has 2 N–H and O–H groups in total. The number of hydrogen-bond donors (Lipinski definition) is 2. The Kier molecular flexibility index (Phi) is 11.3. The Morgan fingerprint density at radius 3 is 2.00 bits per heavy atom. The van der Waals surface area contributed by atoms with Crippen LogP contribution in [0.15, 0.2) is 94.2 Å². The number of fused-ring (bicyclic) bond motifs is 1. The molecule has 3 nitrogen and oxygen atoms in total. The van der Waals surface area contributed by atoms with Crippen LogP contribution in [-0.4, -0.2) is 33.6 Å². The zero-order chi connectivity index (χ0) is 32.1. The maximum absolute atomic E-state index is 10.3. The van der Waals surface area contributed by atoms with Crippen molar-refractivity contribution in [2.24, 2.45) is 10.8 Å². The second-order valence-corrected chi connectivity index (χ2v) is 14.7. The van der Waals surface area contributed by atoms with Gasteiger partial charge in [0.25, 0.3) is 0 Å². The van der Waals surface area contributed by atoms with Crippen molar-refractivity contribution in [2.75, 3.05) is 0 Å². The number of epoxide rings is 1. The highest BCUT2D eigenvalue weighted by molar-refractivity contribution is 5.45. The number of aliphatic hydroxyl groups excluding tert-OH is 2. The molecule has 1 aliphatic heterocycles. The predicted octanol–water partition coefficient (Wildman–Crippen LogP) is 9.43. The molecule has 43 heavy (non-hydrogen) atoms. The molecule has 0 aromatic heterocycles. The summed E-state index contributed by atoms with van der Waals surface area (Å²) in [4.78, 5) is 0. The molecule has 234 valence electrons. The summed E-state index contributed by atoms with van der Waals surface area (Å²) in [5.41, 5.74) is 6.71. The first-order valence-corrected chi connectivity index (χ1v) is 16.0. The first kappa shape index (κ1) is 34.8. The summed E-state index contributed by atoms with van der Waals surface area (Å²) in [7, 11) is 0. The maximum Gasteiger partial charge on any atom is 0.103 e. The van der Waals surface area contributed by atoms with Crippen LogP contribution in [0.25, 0.3) is 0 Å². The molecular weight excluding hydrogens is 528 g/mol. The Bertz CT molecular complexity index is 1340.